The Kier molecular flexibility index (Phi) is 8.69. The van der Waals surface area contributed by atoms with Crippen molar-refractivity contribution in [3.8, 4) is 16.9 Å². The highest BCUT2D eigenvalue weighted by Crippen LogP contribution is 2.38. The van der Waals surface area contributed by atoms with Crippen molar-refractivity contribution in [3.05, 3.63) is 81.1 Å². The number of aromatic nitrogens is 3. The molecule has 0 bridgehead atoms. The molecule has 1 fully saturated rings. The average molecular weight is 581 g/mol. The zero-order chi connectivity index (χ0) is 29.1. The zero-order valence-corrected chi connectivity index (χ0v) is 23.5. The summed E-state index contributed by atoms with van der Waals surface area (Å²) in [6, 6.07) is 12.8. The van der Waals surface area contributed by atoms with E-state index in [1.165, 1.54) is 4.57 Å². The first-order valence-electron chi connectivity index (χ1n) is 13.6. The predicted molar refractivity (Wildman–Crippen MR) is 159 cm³/mol. The number of fused-ring (bicyclic) bond motifs is 1. The summed E-state index contributed by atoms with van der Waals surface area (Å²) < 4.78 is 22.6. The predicted octanol–water partition coefficient (Wildman–Crippen LogP) is 3.88. The standard InChI is InChI=1S/C29H34ClFN8O2/c1-16(35-9-2-10-36-28(33)34)17-3-5-20(6-4-17)39-15-19-13-24(37-27(19)38-29(39)40)22-11-18(12-23(30)26(22)31)25-8-7-21(14-32)41-25/h3-6,11-13,15-16,21,25,35H,2,7-10,14,32H2,1H3,(H4,33,34,36)(H,37,38,40)/t16-,21-,25+/m0/s1. The van der Waals surface area contributed by atoms with Gasteiger partial charge in [-0.15, -0.1) is 0 Å². The van der Waals surface area contributed by atoms with Gasteiger partial charge in [0.25, 0.3) is 0 Å². The molecule has 2 aromatic carbocycles. The topological polar surface area (TPSA) is 160 Å². The van der Waals surface area contributed by atoms with E-state index in [0.29, 0.717) is 35.5 Å². The van der Waals surface area contributed by atoms with E-state index in [1.54, 1.807) is 24.4 Å². The molecule has 12 heteroatoms. The first kappa shape index (κ1) is 28.7. The van der Waals surface area contributed by atoms with Gasteiger partial charge in [0.05, 0.1) is 28.6 Å². The van der Waals surface area contributed by atoms with Gasteiger partial charge in [0.15, 0.2) is 11.8 Å². The third-order valence-electron chi connectivity index (χ3n) is 7.38. The molecule has 10 nitrogen and oxygen atoms in total. The highest BCUT2D eigenvalue weighted by molar-refractivity contribution is 6.31. The number of rotatable bonds is 10. The summed E-state index contributed by atoms with van der Waals surface area (Å²) >= 11 is 6.28. The number of nitrogens with zero attached hydrogens (tertiary/aromatic N) is 2. The van der Waals surface area contributed by atoms with Crippen LogP contribution in [0.4, 0.5) is 4.39 Å². The van der Waals surface area contributed by atoms with Gasteiger partial charge in [-0.1, -0.05) is 23.7 Å². The van der Waals surface area contributed by atoms with Crippen LogP contribution in [0.15, 0.2) is 53.5 Å². The molecule has 1 aliphatic rings. The van der Waals surface area contributed by atoms with Crippen LogP contribution in [0.5, 0.6) is 0 Å². The minimum absolute atomic E-state index is 0.0000250. The minimum atomic E-state index is -0.556. The van der Waals surface area contributed by atoms with Gasteiger partial charge in [0, 0.05) is 36.3 Å². The monoisotopic (exact) mass is 580 g/mol. The Morgan fingerprint density at radius 1 is 1.27 bits per heavy atom. The lowest BCUT2D eigenvalue weighted by Gasteiger charge is -2.15. The Labute approximate surface area is 241 Å². The molecule has 0 aliphatic carbocycles. The molecular formula is C29H34ClFN8O2. The quantitative estimate of drug-likeness (QED) is 0.0943. The number of hydrogen-bond acceptors (Lipinski definition) is 6. The maximum absolute atomic E-state index is 15.2. The van der Waals surface area contributed by atoms with Crippen LogP contribution in [0.25, 0.3) is 28.0 Å². The Hall–Kier alpha value is -3.77. The third kappa shape index (κ3) is 6.43. The molecule has 0 saturated carbocycles. The lowest BCUT2D eigenvalue weighted by molar-refractivity contribution is 0.0498. The van der Waals surface area contributed by atoms with Crippen LogP contribution in [-0.2, 0) is 4.74 Å². The van der Waals surface area contributed by atoms with Crippen molar-refractivity contribution in [3.63, 3.8) is 0 Å². The second kappa shape index (κ2) is 12.4. The zero-order valence-electron chi connectivity index (χ0n) is 22.7. The molecule has 0 amide bonds. The third-order valence-corrected chi connectivity index (χ3v) is 7.66. The summed E-state index contributed by atoms with van der Waals surface area (Å²) in [5.41, 5.74) is 14.2. The van der Waals surface area contributed by atoms with Crippen LogP contribution < -0.4 is 27.8 Å². The second-order valence-corrected chi connectivity index (χ2v) is 10.7. The number of ether oxygens (including phenoxy) is 1. The number of nitrogens with one attached hydrogen (secondary N) is 4. The maximum Gasteiger partial charge on any atom is 0.354 e. The van der Waals surface area contributed by atoms with Crippen LogP contribution in [0, 0.1) is 11.2 Å². The fourth-order valence-electron chi connectivity index (χ4n) is 5.11. The van der Waals surface area contributed by atoms with E-state index in [2.05, 4.69) is 27.5 Å². The van der Waals surface area contributed by atoms with Gasteiger partial charge in [0.2, 0.25) is 0 Å². The summed E-state index contributed by atoms with van der Waals surface area (Å²) in [6.45, 7) is 3.88. The van der Waals surface area contributed by atoms with E-state index < -0.39 is 11.5 Å². The molecule has 0 spiro atoms. The first-order valence-corrected chi connectivity index (χ1v) is 14.0. The van der Waals surface area contributed by atoms with Crippen LogP contribution in [0.1, 0.15) is 49.5 Å². The maximum atomic E-state index is 15.2. The highest BCUT2D eigenvalue weighted by atomic mass is 35.5. The van der Waals surface area contributed by atoms with E-state index in [4.69, 9.17) is 33.2 Å². The summed E-state index contributed by atoms with van der Waals surface area (Å²) in [5, 5.41) is 14.1. The lowest BCUT2D eigenvalue weighted by Crippen LogP contribution is -2.32. The highest BCUT2D eigenvalue weighted by Gasteiger charge is 2.27. The normalized spacial score (nSPS) is 17.7. The van der Waals surface area contributed by atoms with E-state index in [-0.39, 0.29) is 34.8 Å². The first-order chi connectivity index (χ1) is 19.7. The number of hydrogen-bond donors (Lipinski definition) is 6. The number of guanidine groups is 1. The Balaban J connectivity index is 1.36. The number of H-pyrrole nitrogens is 1. The number of nitrogens with two attached hydrogens (primary N) is 2. The Morgan fingerprint density at radius 3 is 2.76 bits per heavy atom. The molecule has 5 rings (SSSR count). The van der Waals surface area contributed by atoms with Gasteiger partial charge < -0.3 is 31.8 Å². The molecule has 3 atom stereocenters. The lowest BCUT2D eigenvalue weighted by atomic mass is 10.0. The SMILES string of the molecule is C[C@H](NCCCNC(=N)N)c1ccc(-n2cc3cc(-c4cc([C@H]5CC[C@@H](CN)O5)cc(Cl)c4F)[nH]c3nc2=O)cc1. The van der Waals surface area contributed by atoms with E-state index in [9.17, 15) is 4.79 Å². The molecule has 4 aromatic rings. The molecule has 2 aromatic heterocycles. The van der Waals surface area contributed by atoms with Crippen molar-refractivity contribution < 1.29 is 9.13 Å². The van der Waals surface area contributed by atoms with Crippen LogP contribution in [0.3, 0.4) is 0 Å². The second-order valence-electron chi connectivity index (χ2n) is 10.3. The van der Waals surface area contributed by atoms with Crippen LogP contribution in [0.2, 0.25) is 5.02 Å². The fraction of sp³-hybridized carbons (Fsp3) is 0.345. The van der Waals surface area contributed by atoms with Gasteiger partial charge in [-0.25, -0.2) is 9.18 Å². The molecule has 0 unspecified atom stereocenters. The van der Waals surface area contributed by atoms with Gasteiger partial charge in [-0.2, -0.15) is 4.98 Å². The van der Waals surface area contributed by atoms with Gasteiger partial charge in [-0.3, -0.25) is 9.98 Å². The van der Waals surface area contributed by atoms with Crippen molar-refractivity contribution in [2.24, 2.45) is 11.5 Å². The Bertz CT molecular complexity index is 1600. The molecule has 41 heavy (non-hydrogen) atoms. The molecule has 1 saturated heterocycles. The number of aromatic amines is 1. The molecule has 0 radical (unpaired) electrons. The minimum Gasteiger partial charge on any atom is -0.370 e. The average Bonchev–Trinajstić information content (AvgIpc) is 3.60. The molecule has 3 heterocycles. The smallest absolute Gasteiger partial charge is 0.354 e. The summed E-state index contributed by atoms with van der Waals surface area (Å²) in [6.07, 6.45) is 3.91. The van der Waals surface area contributed by atoms with Crippen molar-refractivity contribution in [2.45, 2.75) is 44.4 Å². The summed E-state index contributed by atoms with van der Waals surface area (Å²) in [5.74, 6) is -0.590. The number of halogens is 2. The van der Waals surface area contributed by atoms with Crippen LogP contribution in [-0.4, -0.2) is 46.2 Å². The summed E-state index contributed by atoms with van der Waals surface area (Å²) in [7, 11) is 0. The van der Waals surface area contributed by atoms with E-state index >= 15 is 4.39 Å². The molecule has 216 valence electrons. The molecule has 1 aliphatic heterocycles. The van der Waals surface area contributed by atoms with E-state index in [0.717, 1.165) is 36.9 Å². The molecular weight excluding hydrogens is 547 g/mol. The van der Waals surface area contributed by atoms with Crippen LogP contribution >= 0.6 is 11.6 Å². The van der Waals surface area contributed by atoms with Crippen molar-refractivity contribution in [1.29, 1.82) is 5.41 Å². The number of benzene rings is 2. The van der Waals surface area contributed by atoms with Crippen molar-refractivity contribution in [1.82, 2.24) is 25.2 Å². The van der Waals surface area contributed by atoms with Gasteiger partial charge >= 0.3 is 5.69 Å². The fourth-order valence-corrected chi connectivity index (χ4v) is 5.34. The largest absolute Gasteiger partial charge is 0.370 e. The van der Waals surface area contributed by atoms with E-state index in [1.807, 2.05) is 24.3 Å². The molecule has 8 N–H and O–H groups in total. The van der Waals surface area contributed by atoms with Gasteiger partial charge in [0.1, 0.15) is 5.65 Å². The Morgan fingerprint density at radius 2 is 2.05 bits per heavy atom. The van der Waals surface area contributed by atoms with Gasteiger partial charge in [-0.05, 0) is 74.2 Å². The summed E-state index contributed by atoms with van der Waals surface area (Å²) in [4.78, 5) is 20.2. The van der Waals surface area contributed by atoms with Crippen molar-refractivity contribution in [2.75, 3.05) is 19.6 Å². The van der Waals surface area contributed by atoms with Crippen molar-refractivity contribution >= 4 is 28.6 Å².